The number of aromatic nitrogens is 1. The smallest absolute Gasteiger partial charge is 0.162 e. The van der Waals surface area contributed by atoms with Gasteiger partial charge in [-0.2, -0.15) is 0 Å². The highest BCUT2D eigenvalue weighted by Gasteiger charge is 2.25. The first kappa shape index (κ1) is 15.0. The molecule has 1 aromatic heterocycles. The van der Waals surface area contributed by atoms with Crippen LogP contribution in [0.25, 0.3) is 0 Å². The van der Waals surface area contributed by atoms with Crippen LogP contribution in [0, 0.1) is 0 Å². The standard InChI is InChI=1S/C17H19NO3/c1-12(19)13-8-9-14(15(11-13)20-4)21-17(2,3)16-7-5-6-10-18-16/h5-11H,1-4H3. The zero-order chi connectivity index (χ0) is 15.5. The lowest BCUT2D eigenvalue weighted by Crippen LogP contribution is -2.26. The van der Waals surface area contributed by atoms with Crippen LogP contribution in [0.3, 0.4) is 0 Å². The summed E-state index contributed by atoms with van der Waals surface area (Å²) in [6, 6.07) is 10.9. The molecule has 0 saturated heterocycles. The van der Waals surface area contributed by atoms with Crippen molar-refractivity contribution in [3.63, 3.8) is 0 Å². The van der Waals surface area contributed by atoms with E-state index in [1.807, 2.05) is 32.0 Å². The Labute approximate surface area is 124 Å². The molecule has 0 aliphatic heterocycles. The lowest BCUT2D eigenvalue weighted by Gasteiger charge is -2.26. The number of rotatable bonds is 5. The molecule has 0 bridgehead atoms. The lowest BCUT2D eigenvalue weighted by molar-refractivity contribution is 0.0987. The summed E-state index contributed by atoms with van der Waals surface area (Å²) in [6.45, 7) is 5.40. The fourth-order valence-electron chi connectivity index (χ4n) is 2.02. The van der Waals surface area contributed by atoms with Crippen molar-refractivity contribution in [3.8, 4) is 11.5 Å². The van der Waals surface area contributed by atoms with E-state index in [4.69, 9.17) is 9.47 Å². The maximum absolute atomic E-state index is 11.4. The molecular weight excluding hydrogens is 266 g/mol. The number of ketones is 1. The Hall–Kier alpha value is -2.36. The molecule has 0 unspecified atom stereocenters. The number of carbonyl (C=O) groups excluding carboxylic acids is 1. The number of pyridine rings is 1. The number of benzene rings is 1. The first-order valence-electron chi connectivity index (χ1n) is 6.73. The van der Waals surface area contributed by atoms with Crippen LogP contribution < -0.4 is 9.47 Å². The second-order valence-electron chi connectivity index (χ2n) is 5.25. The van der Waals surface area contributed by atoms with Crippen molar-refractivity contribution in [1.82, 2.24) is 4.98 Å². The van der Waals surface area contributed by atoms with Crippen molar-refractivity contribution in [2.24, 2.45) is 0 Å². The van der Waals surface area contributed by atoms with E-state index in [-0.39, 0.29) is 5.78 Å². The Kier molecular flexibility index (Phi) is 4.26. The SMILES string of the molecule is COc1cc(C(C)=O)ccc1OC(C)(C)c1ccccn1. The molecule has 2 rings (SSSR count). The Morgan fingerprint density at radius 1 is 1.14 bits per heavy atom. The van der Waals surface area contributed by atoms with Crippen molar-refractivity contribution in [1.29, 1.82) is 0 Å². The molecule has 2 aromatic rings. The van der Waals surface area contributed by atoms with E-state index in [2.05, 4.69) is 4.98 Å². The molecule has 0 N–H and O–H groups in total. The largest absolute Gasteiger partial charge is 0.493 e. The molecule has 4 nitrogen and oxygen atoms in total. The number of carbonyl (C=O) groups is 1. The molecular formula is C17H19NO3. The molecule has 0 atom stereocenters. The minimum atomic E-state index is -0.605. The van der Waals surface area contributed by atoms with Gasteiger partial charge in [-0.25, -0.2) is 0 Å². The van der Waals surface area contributed by atoms with E-state index in [1.54, 1.807) is 31.5 Å². The van der Waals surface area contributed by atoms with Gasteiger partial charge in [-0.1, -0.05) is 6.07 Å². The monoisotopic (exact) mass is 285 g/mol. The Balaban J connectivity index is 2.33. The van der Waals surface area contributed by atoms with Gasteiger partial charge in [-0.05, 0) is 51.1 Å². The molecule has 0 spiro atoms. The van der Waals surface area contributed by atoms with Gasteiger partial charge in [-0.3, -0.25) is 9.78 Å². The van der Waals surface area contributed by atoms with Crippen LogP contribution in [-0.2, 0) is 5.60 Å². The van der Waals surface area contributed by atoms with Crippen molar-refractivity contribution in [2.75, 3.05) is 7.11 Å². The minimum Gasteiger partial charge on any atom is -0.493 e. The molecule has 0 saturated carbocycles. The fraction of sp³-hybridized carbons (Fsp3) is 0.294. The normalized spacial score (nSPS) is 11.0. The van der Waals surface area contributed by atoms with Crippen LogP contribution in [-0.4, -0.2) is 17.9 Å². The molecule has 4 heteroatoms. The second-order valence-corrected chi connectivity index (χ2v) is 5.25. The summed E-state index contributed by atoms with van der Waals surface area (Å²) in [5, 5.41) is 0. The third-order valence-electron chi connectivity index (χ3n) is 3.22. The van der Waals surface area contributed by atoms with Gasteiger partial charge in [0.15, 0.2) is 17.3 Å². The van der Waals surface area contributed by atoms with Gasteiger partial charge in [-0.15, -0.1) is 0 Å². The maximum atomic E-state index is 11.4. The number of methoxy groups -OCH3 is 1. The minimum absolute atomic E-state index is 0.0103. The molecule has 110 valence electrons. The third-order valence-corrected chi connectivity index (χ3v) is 3.22. The number of nitrogens with zero attached hydrogens (tertiary/aromatic N) is 1. The van der Waals surface area contributed by atoms with Gasteiger partial charge >= 0.3 is 0 Å². The van der Waals surface area contributed by atoms with E-state index in [1.165, 1.54) is 6.92 Å². The summed E-state index contributed by atoms with van der Waals surface area (Å²) in [5.74, 6) is 1.11. The zero-order valence-corrected chi connectivity index (χ0v) is 12.7. The third kappa shape index (κ3) is 3.40. The van der Waals surface area contributed by atoms with E-state index in [9.17, 15) is 4.79 Å². The average Bonchev–Trinajstić information content (AvgIpc) is 2.48. The molecule has 0 aliphatic carbocycles. The first-order valence-corrected chi connectivity index (χ1v) is 6.73. The predicted octanol–water partition coefficient (Wildman–Crippen LogP) is 3.61. The lowest BCUT2D eigenvalue weighted by atomic mass is 10.0. The number of ether oxygens (including phenoxy) is 2. The molecule has 1 heterocycles. The van der Waals surface area contributed by atoms with Crippen LogP contribution in [0.2, 0.25) is 0 Å². The summed E-state index contributed by atoms with van der Waals surface area (Å²) >= 11 is 0. The molecule has 0 amide bonds. The van der Waals surface area contributed by atoms with Gasteiger partial charge in [0.1, 0.15) is 5.60 Å². The Bertz CT molecular complexity index is 636. The van der Waals surface area contributed by atoms with E-state index in [0.717, 1.165) is 5.69 Å². The molecule has 0 fully saturated rings. The van der Waals surface area contributed by atoms with Crippen molar-refractivity contribution in [2.45, 2.75) is 26.4 Å². The predicted molar refractivity (Wildman–Crippen MR) is 80.9 cm³/mol. The van der Waals surface area contributed by atoms with Gasteiger partial charge in [0.05, 0.1) is 12.8 Å². The summed E-state index contributed by atoms with van der Waals surface area (Å²) < 4.78 is 11.4. The topological polar surface area (TPSA) is 48.4 Å². The molecule has 0 aliphatic rings. The van der Waals surface area contributed by atoms with Gasteiger partial charge < -0.3 is 9.47 Å². The zero-order valence-electron chi connectivity index (χ0n) is 12.7. The maximum Gasteiger partial charge on any atom is 0.162 e. The van der Waals surface area contributed by atoms with Gasteiger partial charge in [0.25, 0.3) is 0 Å². The van der Waals surface area contributed by atoms with Crippen molar-refractivity contribution < 1.29 is 14.3 Å². The average molecular weight is 285 g/mol. The van der Waals surface area contributed by atoms with Crippen LogP contribution in [0.1, 0.15) is 36.8 Å². The molecule has 0 radical (unpaired) electrons. The van der Waals surface area contributed by atoms with Crippen LogP contribution in [0.15, 0.2) is 42.6 Å². The van der Waals surface area contributed by atoms with Gasteiger partial charge in [0.2, 0.25) is 0 Å². The first-order chi connectivity index (χ1) is 9.94. The fourth-order valence-corrected chi connectivity index (χ4v) is 2.02. The highest BCUT2D eigenvalue weighted by molar-refractivity contribution is 5.94. The highest BCUT2D eigenvalue weighted by Crippen LogP contribution is 2.34. The number of hydrogen-bond acceptors (Lipinski definition) is 4. The summed E-state index contributed by atoms with van der Waals surface area (Å²) in [4.78, 5) is 15.8. The van der Waals surface area contributed by atoms with E-state index in [0.29, 0.717) is 17.1 Å². The summed E-state index contributed by atoms with van der Waals surface area (Å²) in [6.07, 6.45) is 1.73. The second kappa shape index (κ2) is 5.95. The van der Waals surface area contributed by atoms with Crippen LogP contribution in [0.5, 0.6) is 11.5 Å². The molecule has 1 aromatic carbocycles. The Morgan fingerprint density at radius 2 is 1.90 bits per heavy atom. The van der Waals surface area contributed by atoms with Crippen LogP contribution in [0.4, 0.5) is 0 Å². The van der Waals surface area contributed by atoms with Gasteiger partial charge in [0, 0.05) is 11.8 Å². The number of hydrogen-bond donors (Lipinski definition) is 0. The summed E-state index contributed by atoms with van der Waals surface area (Å²) in [7, 11) is 1.56. The van der Waals surface area contributed by atoms with Crippen LogP contribution >= 0.6 is 0 Å². The van der Waals surface area contributed by atoms with E-state index < -0.39 is 5.60 Å². The highest BCUT2D eigenvalue weighted by atomic mass is 16.5. The number of Topliss-reactive ketones (excluding diaryl/α,β-unsaturated/α-hetero) is 1. The quantitative estimate of drug-likeness (QED) is 0.787. The molecule has 21 heavy (non-hydrogen) atoms. The van der Waals surface area contributed by atoms with Crippen molar-refractivity contribution >= 4 is 5.78 Å². The van der Waals surface area contributed by atoms with E-state index >= 15 is 0 Å². The summed E-state index contributed by atoms with van der Waals surface area (Å²) in [5.41, 5.74) is 0.810. The van der Waals surface area contributed by atoms with Crippen molar-refractivity contribution in [3.05, 3.63) is 53.9 Å². The Morgan fingerprint density at radius 3 is 2.48 bits per heavy atom.